The molecule has 0 saturated heterocycles. The van der Waals surface area contributed by atoms with Crippen molar-refractivity contribution in [3.63, 3.8) is 0 Å². The van der Waals surface area contributed by atoms with E-state index in [0.717, 1.165) is 15.3 Å². The number of thiazole rings is 1. The molecule has 0 saturated carbocycles. The first-order chi connectivity index (χ1) is 7.69. The number of anilines is 1. The number of nitrogens with zero attached hydrogens (tertiary/aromatic N) is 1. The molecule has 16 heavy (non-hydrogen) atoms. The van der Waals surface area contributed by atoms with Gasteiger partial charge in [0.1, 0.15) is 5.82 Å². The highest BCUT2D eigenvalue weighted by atomic mass is 32.1. The van der Waals surface area contributed by atoms with Gasteiger partial charge >= 0.3 is 0 Å². The van der Waals surface area contributed by atoms with Crippen LogP contribution in [-0.2, 0) is 4.74 Å². The van der Waals surface area contributed by atoms with Crippen molar-refractivity contribution in [3.05, 3.63) is 24.0 Å². The van der Waals surface area contributed by atoms with E-state index in [4.69, 9.17) is 4.74 Å². The molecule has 0 aliphatic carbocycles. The molecule has 2 aromatic rings. The number of hydrogen-bond acceptors (Lipinski definition) is 4. The van der Waals surface area contributed by atoms with Crippen molar-refractivity contribution in [1.29, 1.82) is 0 Å². The van der Waals surface area contributed by atoms with Gasteiger partial charge in [-0.05, 0) is 25.1 Å². The van der Waals surface area contributed by atoms with Crippen LogP contribution in [0.25, 0.3) is 10.2 Å². The summed E-state index contributed by atoms with van der Waals surface area (Å²) in [4.78, 5) is 4.36. The minimum atomic E-state index is -0.229. The number of fused-ring (bicyclic) bond motifs is 1. The van der Waals surface area contributed by atoms with E-state index in [1.807, 2.05) is 6.92 Å². The molecule has 1 unspecified atom stereocenters. The van der Waals surface area contributed by atoms with Crippen LogP contribution in [0, 0.1) is 5.82 Å². The maximum Gasteiger partial charge on any atom is 0.184 e. The molecular weight excluding hydrogens is 227 g/mol. The van der Waals surface area contributed by atoms with E-state index in [9.17, 15) is 4.39 Å². The molecule has 3 nitrogen and oxygen atoms in total. The number of rotatable bonds is 4. The number of aromatic nitrogens is 1. The molecule has 0 radical (unpaired) electrons. The van der Waals surface area contributed by atoms with Gasteiger partial charge in [0, 0.05) is 13.2 Å². The highest BCUT2D eigenvalue weighted by Gasteiger charge is 2.07. The van der Waals surface area contributed by atoms with Gasteiger partial charge in [0.2, 0.25) is 0 Å². The SMILES string of the molecule is COCC(C)Nc1nc2ccc(F)cc2s1. The lowest BCUT2D eigenvalue weighted by molar-refractivity contribution is 0.190. The van der Waals surface area contributed by atoms with E-state index in [-0.39, 0.29) is 11.9 Å². The third-order valence-corrected chi connectivity index (χ3v) is 3.09. The zero-order chi connectivity index (χ0) is 11.5. The van der Waals surface area contributed by atoms with E-state index in [2.05, 4.69) is 10.3 Å². The van der Waals surface area contributed by atoms with Crippen molar-refractivity contribution in [2.45, 2.75) is 13.0 Å². The molecule has 5 heteroatoms. The lowest BCUT2D eigenvalue weighted by atomic mass is 10.3. The topological polar surface area (TPSA) is 34.1 Å². The fraction of sp³-hybridized carbons (Fsp3) is 0.364. The quantitative estimate of drug-likeness (QED) is 0.892. The Bertz CT molecular complexity index is 486. The van der Waals surface area contributed by atoms with Crippen molar-refractivity contribution >= 4 is 26.7 Å². The average molecular weight is 240 g/mol. The zero-order valence-electron chi connectivity index (χ0n) is 9.16. The highest BCUT2D eigenvalue weighted by Crippen LogP contribution is 2.26. The van der Waals surface area contributed by atoms with Crippen molar-refractivity contribution in [2.75, 3.05) is 19.0 Å². The standard InChI is InChI=1S/C11H13FN2OS/c1-7(6-15-2)13-11-14-9-4-3-8(12)5-10(9)16-11/h3-5,7H,6H2,1-2H3,(H,13,14). The number of benzene rings is 1. The third-order valence-electron chi connectivity index (χ3n) is 2.14. The van der Waals surface area contributed by atoms with Gasteiger partial charge in [-0.1, -0.05) is 11.3 Å². The first kappa shape index (κ1) is 11.3. The van der Waals surface area contributed by atoms with E-state index < -0.39 is 0 Å². The van der Waals surface area contributed by atoms with Gasteiger partial charge in [0.15, 0.2) is 5.13 Å². The van der Waals surface area contributed by atoms with Crippen molar-refractivity contribution in [1.82, 2.24) is 4.98 Å². The second kappa shape index (κ2) is 4.76. The minimum Gasteiger partial charge on any atom is -0.383 e. The lowest BCUT2D eigenvalue weighted by Gasteiger charge is -2.10. The van der Waals surface area contributed by atoms with Crippen LogP contribution in [0.15, 0.2) is 18.2 Å². The average Bonchev–Trinajstić information content (AvgIpc) is 2.59. The number of halogens is 1. The zero-order valence-corrected chi connectivity index (χ0v) is 9.97. The second-order valence-electron chi connectivity index (χ2n) is 3.63. The van der Waals surface area contributed by atoms with Crippen LogP contribution in [0.3, 0.4) is 0 Å². The molecule has 0 fully saturated rings. The Kier molecular flexibility index (Phi) is 3.36. The van der Waals surface area contributed by atoms with Gasteiger partial charge in [-0.15, -0.1) is 0 Å². The number of ether oxygens (including phenoxy) is 1. The molecule has 1 aromatic heterocycles. The van der Waals surface area contributed by atoms with Crippen LogP contribution in [-0.4, -0.2) is 24.7 Å². The molecule has 86 valence electrons. The summed E-state index contributed by atoms with van der Waals surface area (Å²) in [7, 11) is 1.66. The maximum atomic E-state index is 13.0. The number of hydrogen-bond donors (Lipinski definition) is 1. The van der Waals surface area contributed by atoms with Crippen molar-refractivity contribution < 1.29 is 9.13 Å². The second-order valence-corrected chi connectivity index (χ2v) is 4.66. The summed E-state index contributed by atoms with van der Waals surface area (Å²) in [5, 5.41) is 4.01. The van der Waals surface area contributed by atoms with Crippen molar-refractivity contribution in [2.24, 2.45) is 0 Å². The van der Waals surface area contributed by atoms with Crippen molar-refractivity contribution in [3.8, 4) is 0 Å². The van der Waals surface area contributed by atoms with Gasteiger partial charge in [0.25, 0.3) is 0 Å². The summed E-state index contributed by atoms with van der Waals surface area (Å²) in [6.07, 6.45) is 0. The summed E-state index contributed by atoms with van der Waals surface area (Å²) < 4.78 is 18.8. The van der Waals surface area contributed by atoms with E-state index in [0.29, 0.717) is 6.61 Å². The molecule has 0 spiro atoms. The predicted octanol–water partition coefficient (Wildman–Crippen LogP) is 2.88. The fourth-order valence-electron chi connectivity index (χ4n) is 1.46. The van der Waals surface area contributed by atoms with Gasteiger partial charge in [0.05, 0.1) is 16.8 Å². The lowest BCUT2D eigenvalue weighted by Crippen LogP contribution is -2.20. The Balaban J connectivity index is 2.19. The first-order valence-electron chi connectivity index (χ1n) is 5.00. The molecular formula is C11H13FN2OS. The van der Waals surface area contributed by atoms with Gasteiger partial charge in [-0.25, -0.2) is 9.37 Å². The van der Waals surface area contributed by atoms with Crippen LogP contribution < -0.4 is 5.32 Å². The van der Waals surface area contributed by atoms with Crippen LogP contribution in [0.1, 0.15) is 6.92 Å². The number of nitrogens with one attached hydrogen (secondary N) is 1. The Morgan fingerprint density at radius 2 is 2.38 bits per heavy atom. The van der Waals surface area contributed by atoms with Gasteiger partial charge in [-0.2, -0.15) is 0 Å². The van der Waals surface area contributed by atoms with E-state index in [1.165, 1.54) is 23.5 Å². The predicted molar refractivity (Wildman–Crippen MR) is 64.5 cm³/mol. The highest BCUT2D eigenvalue weighted by molar-refractivity contribution is 7.22. The van der Waals surface area contributed by atoms with E-state index >= 15 is 0 Å². The van der Waals surface area contributed by atoms with Crippen LogP contribution in [0.2, 0.25) is 0 Å². The summed E-state index contributed by atoms with van der Waals surface area (Å²) in [5.74, 6) is -0.229. The van der Waals surface area contributed by atoms with E-state index in [1.54, 1.807) is 13.2 Å². The van der Waals surface area contributed by atoms with Crippen LogP contribution in [0.4, 0.5) is 9.52 Å². The Morgan fingerprint density at radius 3 is 3.12 bits per heavy atom. The van der Waals surface area contributed by atoms with Crippen LogP contribution in [0.5, 0.6) is 0 Å². The third kappa shape index (κ3) is 2.48. The molecule has 0 aliphatic rings. The van der Waals surface area contributed by atoms with Gasteiger partial charge in [-0.3, -0.25) is 0 Å². The molecule has 1 heterocycles. The summed E-state index contributed by atoms with van der Waals surface area (Å²) >= 11 is 1.45. The molecule has 0 amide bonds. The molecule has 1 atom stereocenters. The molecule has 0 aliphatic heterocycles. The fourth-order valence-corrected chi connectivity index (χ4v) is 2.46. The molecule has 2 rings (SSSR count). The Labute approximate surface area is 97.3 Å². The summed E-state index contributed by atoms with van der Waals surface area (Å²) in [6, 6.07) is 4.80. The maximum absolute atomic E-state index is 13.0. The smallest absolute Gasteiger partial charge is 0.184 e. The first-order valence-corrected chi connectivity index (χ1v) is 5.82. The minimum absolute atomic E-state index is 0.190. The van der Waals surface area contributed by atoms with Crippen LogP contribution >= 0.6 is 11.3 Å². The summed E-state index contributed by atoms with van der Waals surface area (Å²) in [5.41, 5.74) is 0.818. The Hall–Kier alpha value is -1.20. The summed E-state index contributed by atoms with van der Waals surface area (Å²) in [6.45, 7) is 2.63. The molecule has 1 N–H and O–H groups in total. The Morgan fingerprint density at radius 1 is 1.56 bits per heavy atom. The molecule has 0 bridgehead atoms. The largest absolute Gasteiger partial charge is 0.383 e. The van der Waals surface area contributed by atoms with Gasteiger partial charge < -0.3 is 10.1 Å². The molecule has 1 aromatic carbocycles. The monoisotopic (exact) mass is 240 g/mol. The number of methoxy groups -OCH3 is 1. The normalized spacial score (nSPS) is 12.9.